The van der Waals surface area contributed by atoms with Crippen LogP contribution in [0, 0.1) is 5.92 Å². The quantitative estimate of drug-likeness (QED) is 0.570. The van der Waals surface area contributed by atoms with Gasteiger partial charge in [-0.2, -0.15) is 0 Å². The minimum absolute atomic E-state index is 0.304. The van der Waals surface area contributed by atoms with E-state index in [2.05, 4.69) is 0 Å². The summed E-state index contributed by atoms with van der Waals surface area (Å²) in [6.45, 7) is 0. The van der Waals surface area contributed by atoms with E-state index in [1.54, 1.807) is 48.6 Å². The van der Waals surface area contributed by atoms with Gasteiger partial charge in [-0.15, -0.1) is 0 Å². The molecule has 2 aliphatic heterocycles. The molecule has 3 aromatic carbocycles. The second-order valence-electron chi connectivity index (χ2n) is 7.42. The Morgan fingerprint density at radius 3 is 2.29 bits per heavy atom. The van der Waals surface area contributed by atoms with Crippen molar-refractivity contribution in [2.45, 2.75) is 12.1 Å². The van der Waals surface area contributed by atoms with Crippen molar-refractivity contribution in [1.29, 1.82) is 0 Å². The average molecular weight is 435 g/mol. The van der Waals surface area contributed by atoms with E-state index in [1.165, 1.54) is 4.90 Å². The third kappa shape index (κ3) is 3.24. The number of hydrogen-bond donors (Lipinski definition) is 0. The molecule has 0 aromatic heterocycles. The smallest absolute Gasteiger partial charge is 0.266 e. The Morgan fingerprint density at radius 1 is 0.871 bits per heavy atom. The van der Waals surface area contributed by atoms with Gasteiger partial charge in [0.2, 0.25) is 5.91 Å². The molecule has 0 N–H and O–H groups in total. The summed E-state index contributed by atoms with van der Waals surface area (Å²) in [5.41, 5.74) is 2.08. The third-order valence-corrected chi connectivity index (χ3v) is 5.90. The Hall–Kier alpha value is -3.35. The monoisotopic (exact) mass is 434 g/mol. The first kappa shape index (κ1) is 19.6. The predicted octanol–water partition coefficient (Wildman–Crippen LogP) is 4.40. The number of nitrogens with zero attached hydrogens (tertiary/aromatic N) is 2. The molecule has 5 rings (SSSR count). The van der Waals surface area contributed by atoms with Crippen molar-refractivity contribution in [3.05, 3.63) is 89.4 Å². The fourth-order valence-electron chi connectivity index (χ4n) is 4.22. The molecule has 2 saturated heterocycles. The highest BCUT2D eigenvalue weighted by Gasteiger charge is 2.60. The first-order chi connectivity index (χ1) is 15.1. The Morgan fingerprint density at radius 2 is 1.58 bits per heavy atom. The van der Waals surface area contributed by atoms with Crippen LogP contribution in [0.2, 0.25) is 5.02 Å². The second kappa shape index (κ2) is 7.72. The topological polar surface area (TPSA) is 59.1 Å². The first-order valence-electron chi connectivity index (χ1n) is 9.87. The SMILES string of the molecule is COc1cccc(N2C(=O)[C@@H]3[C@H](ON(c4ccccc4)[C@@H]3c3ccc(Cl)cc3)C2=O)c1. The summed E-state index contributed by atoms with van der Waals surface area (Å²) in [4.78, 5) is 34.2. The van der Waals surface area contributed by atoms with Crippen molar-refractivity contribution in [3.8, 4) is 5.75 Å². The molecular weight excluding hydrogens is 416 g/mol. The van der Waals surface area contributed by atoms with E-state index in [0.717, 1.165) is 11.3 Å². The summed E-state index contributed by atoms with van der Waals surface area (Å²) in [5.74, 6) is -0.821. The van der Waals surface area contributed by atoms with Crippen LogP contribution < -0.4 is 14.7 Å². The Labute approximate surface area is 184 Å². The fraction of sp³-hybridized carbons (Fsp3) is 0.167. The largest absolute Gasteiger partial charge is 0.497 e. The van der Waals surface area contributed by atoms with E-state index in [4.69, 9.17) is 21.2 Å². The van der Waals surface area contributed by atoms with Crippen molar-refractivity contribution in [3.63, 3.8) is 0 Å². The molecule has 31 heavy (non-hydrogen) atoms. The third-order valence-electron chi connectivity index (χ3n) is 5.65. The maximum Gasteiger partial charge on any atom is 0.266 e. The van der Waals surface area contributed by atoms with E-state index < -0.39 is 18.1 Å². The highest BCUT2D eigenvalue weighted by atomic mass is 35.5. The normalized spacial score (nSPS) is 22.7. The Kier molecular flexibility index (Phi) is 4.88. The fourth-order valence-corrected chi connectivity index (χ4v) is 4.34. The number of para-hydroxylation sites is 1. The summed E-state index contributed by atoms with van der Waals surface area (Å²) in [5, 5.41) is 2.26. The number of benzene rings is 3. The van der Waals surface area contributed by atoms with Crippen LogP contribution in [0.3, 0.4) is 0 Å². The van der Waals surface area contributed by atoms with Gasteiger partial charge in [0.25, 0.3) is 5.91 Å². The number of halogens is 1. The van der Waals surface area contributed by atoms with Crippen LogP contribution in [0.25, 0.3) is 0 Å². The summed E-state index contributed by atoms with van der Waals surface area (Å²) in [6, 6.07) is 23.1. The second-order valence-corrected chi connectivity index (χ2v) is 7.86. The van der Waals surface area contributed by atoms with Gasteiger partial charge in [0.15, 0.2) is 6.10 Å². The number of carbonyl (C=O) groups excluding carboxylic acids is 2. The molecule has 0 saturated carbocycles. The van der Waals surface area contributed by atoms with E-state index in [1.807, 2.05) is 42.5 Å². The van der Waals surface area contributed by atoms with Gasteiger partial charge in [-0.3, -0.25) is 14.4 Å². The van der Waals surface area contributed by atoms with Gasteiger partial charge in [-0.25, -0.2) is 9.96 Å². The number of ether oxygens (including phenoxy) is 1. The van der Waals surface area contributed by atoms with Gasteiger partial charge in [0.05, 0.1) is 24.5 Å². The highest BCUT2D eigenvalue weighted by molar-refractivity contribution is 6.30. The number of imide groups is 1. The summed E-state index contributed by atoms with van der Waals surface area (Å²) < 4.78 is 5.25. The first-order valence-corrected chi connectivity index (χ1v) is 10.2. The number of rotatable bonds is 4. The van der Waals surface area contributed by atoms with Gasteiger partial charge in [0, 0.05) is 11.1 Å². The summed E-state index contributed by atoms with van der Waals surface area (Å²) in [7, 11) is 1.54. The van der Waals surface area contributed by atoms with Gasteiger partial charge >= 0.3 is 0 Å². The molecule has 7 heteroatoms. The maximum atomic E-state index is 13.6. The zero-order valence-electron chi connectivity index (χ0n) is 16.6. The van der Waals surface area contributed by atoms with Gasteiger partial charge in [-0.05, 0) is 42.0 Å². The summed E-state index contributed by atoms with van der Waals surface area (Å²) in [6.07, 6.45) is -0.917. The minimum Gasteiger partial charge on any atom is -0.497 e. The molecule has 2 fully saturated rings. The molecule has 0 bridgehead atoms. The molecule has 2 aliphatic rings. The van der Waals surface area contributed by atoms with Crippen LogP contribution in [-0.2, 0) is 14.4 Å². The molecule has 0 radical (unpaired) electrons. The number of amides is 2. The number of carbonyl (C=O) groups is 2. The molecule has 2 amide bonds. The van der Waals surface area contributed by atoms with Crippen molar-refractivity contribution in [2.75, 3.05) is 17.1 Å². The average Bonchev–Trinajstić information content (AvgIpc) is 3.31. The zero-order chi connectivity index (χ0) is 21.5. The van der Waals surface area contributed by atoms with Crippen molar-refractivity contribution < 1.29 is 19.2 Å². The molecular formula is C24H19ClN2O4. The van der Waals surface area contributed by atoms with Gasteiger partial charge < -0.3 is 4.74 Å². The van der Waals surface area contributed by atoms with Crippen LogP contribution in [0.15, 0.2) is 78.9 Å². The molecule has 156 valence electrons. The minimum atomic E-state index is -0.917. The van der Waals surface area contributed by atoms with Crippen LogP contribution in [0.4, 0.5) is 11.4 Å². The predicted molar refractivity (Wildman–Crippen MR) is 117 cm³/mol. The van der Waals surface area contributed by atoms with Crippen molar-refractivity contribution in [1.82, 2.24) is 0 Å². The highest BCUT2D eigenvalue weighted by Crippen LogP contribution is 2.47. The lowest BCUT2D eigenvalue weighted by Crippen LogP contribution is -2.37. The maximum absolute atomic E-state index is 13.6. The standard InChI is InChI=1S/C24H19ClN2O4/c1-30-19-9-5-8-18(14-19)26-23(28)20-21(15-10-12-16(25)13-11-15)27(31-22(20)24(26)29)17-6-3-2-4-7-17/h2-14,20-22H,1H3/t20-,21+,22-/m0/s1. The van der Waals surface area contributed by atoms with Crippen LogP contribution >= 0.6 is 11.6 Å². The molecule has 3 atom stereocenters. The number of hydrogen-bond acceptors (Lipinski definition) is 5. The summed E-state index contributed by atoms with van der Waals surface area (Å²) >= 11 is 6.08. The zero-order valence-corrected chi connectivity index (χ0v) is 17.4. The van der Waals surface area contributed by atoms with E-state index >= 15 is 0 Å². The molecule has 2 heterocycles. The Balaban J connectivity index is 1.57. The number of hydroxylamine groups is 1. The lowest BCUT2D eigenvalue weighted by Gasteiger charge is -2.28. The lowest BCUT2D eigenvalue weighted by molar-refractivity contribution is -0.126. The number of methoxy groups -OCH3 is 1. The van der Waals surface area contributed by atoms with Crippen LogP contribution in [0.5, 0.6) is 5.75 Å². The van der Waals surface area contributed by atoms with Crippen LogP contribution in [0.1, 0.15) is 11.6 Å². The van der Waals surface area contributed by atoms with Crippen LogP contribution in [-0.4, -0.2) is 25.0 Å². The van der Waals surface area contributed by atoms with E-state index in [9.17, 15) is 9.59 Å². The molecule has 0 spiro atoms. The lowest BCUT2D eigenvalue weighted by atomic mass is 9.90. The molecule has 6 nitrogen and oxygen atoms in total. The van der Waals surface area contributed by atoms with Crippen molar-refractivity contribution >= 4 is 34.8 Å². The van der Waals surface area contributed by atoms with Gasteiger partial charge in [-0.1, -0.05) is 48.0 Å². The molecule has 0 unspecified atom stereocenters. The molecule has 3 aromatic rings. The van der Waals surface area contributed by atoms with Gasteiger partial charge in [0.1, 0.15) is 11.7 Å². The van der Waals surface area contributed by atoms with E-state index in [-0.39, 0.29) is 11.8 Å². The molecule has 0 aliphatic carbocycles. The number of anilines is 2. The van der Waals surface area contributed by atoms with E-state index in [0.29, 0.717) is 16.5 Å². The Bertz CT molecular complexity index is 1140. The number of fused-ring (bicyclic) bond motifs is 1. The van der Waals surface area contributed by atoms with Crippen molar-refractivity contribution in [2.24, 2.45) is 5.92 Å².